The summed E-state index contributed by atoms with van der Waals surface area (Å²) in [6, 6.07) is 9.60. The van der Waals surface area contributed by atoms with Crippen LogP contribution in [0.4, 0.5) is 43.8 Å². The zero-order chi connectivity index (χ0) is 25.1. The molecular weight excluding hydrogens is 486 g/mol. The van der Waals surface area contributed by atoms with Crippen molar-refractivity contribution in [1.29, 1.82) is 0 Å². The molecule has 0 bridgehead atoms. The highest BCUT2D eigenvalue weighted by Crippen LogP contribution is 2.40. The van der Waals surface area contributed by atoms with Crippen molar-refractivity contribution in [2.45, 2.75) is 38.8 Å². The number of hydrogen-bond donors (Lipinski definition) is 2. The zero-order valence-corrected chi connectivity index (χ0v) is 18.6. The van der Waals surface area contributed by atoms with Gasteiger partial charge in [0.1, 0.15) is 11.6 Å². The first-order valence-corrected chi connectivity index (χ1v) is 10.4. The van der Waals surface area contributed by atoms with E-state index in [1.807, 2.05) is 13.8 Å². The van der Waals surface area contributed by atoms with Gasteiger partial charge >= 0.3 is 12.5 Å². The number of anilines is 3. The molecule has 3 aromatic rings. The summed E-state index contributed by atoms with van der Waals surface area (Å²) < 4.78 is 82.3. The number of nitrogens with zero attached hydrogens (tertiary/aromatic N) is 2. The van der Waals surface area contributed by atoms with E-state index in [1.54, 1.807) is 0 Å². The second-order valence-corrected chi connectivity index (χ2v) is 7.68. The number of benzene rings is 2. The number of halogens is 7. The minimum Gasteiger partial charge on any atom is -0.406 e. The molecule has 1 atom stereocenters. The summed E-state index contributed by atoms with van der Waals surface area (Å²) in [6.45, 7) is 3.74. The summed E-state index contributed by atoms with van der Waals surface area (Å²) in [7, 11) is 0. The van der Waals surface area contributed by atoms with Crippen LogP contribution in [0.1, 0.15) is 25.8 Å². The Balaban J connectivity index is 2.08. The van der Waals surface area contributed by atoms with E-state index in [0.29, 0.717) is 6.42 Å². The van der Waals surface area contributed by atoms with Gasteiger partial charge in [-0.15, -0.1) is 13.2 Å². The molecule has 34 heavy (non-hydrogen) atoms. The van der Waals surface area contributed by atoms with Crippen LogP contribution in [0.25, 0.3) is 11.3 Å². The second-order valence-electron chi connectivity index (χ2n) is 7.28. The third-order valence-corrected chi connectivity index (χ3v) is 4.96. The molecule has 5 nitrogen and oxygen atoms in total. The lowest BCUT2D eigenvalue weighted by Gasteiger charge is -2.18. The first kappa shape index (κ1) is 25.4. The molecule has 3 rings (SSSR count). The number of hydrogen-bond acceptors (Lipinski definition) is 5. The van der Waals surface area contributed by atoms with Gasteiger partial charge in [-0.2, -0.15) is 18.2 Å². The van der Waals surface area contributed by atoms with Gasteiger partial charge in [0.2, 0.25) is 5.95 Å². The average molecular weight is 505 g/mol. The van der Waals surface area contributed by atoms with E-state index in [0.717, 1.165) is 18.2 Å². The smallest absolute Gasteiger partial charge is 0.406 e. The molecule has 1 aromatic heterocycles. The van der Waals surface area contributed by atoms with Gasteiger partial charge in [0.05, 0.1) is 22.0 Å². The Hall–Kier alpha value is -3.21. The maximum atomic E-state index is 13.5. The molecule has 12 heteroatoms. The van der Waals surface area contributed by atoms with Crippen molar-refractivity contribution in [3.05, 3.63) is 59.1 Å². The van der Waals surface area contributed by atoms with Crippen molar-refractivity contribution < 1.29 is 31.1 Å². The van der Waals surface area contributed by atoms with Crippen LogP contribution in [0.3, 0.4) is 0 Å². The van der Waals surface area contributed by atoms with Gasteiger partial charge in [0.15, 0.2) is 0 Å². The Morgan fingerprint density at radius 3 is 2.35 bits per heavy atom. The molecule has 0 amide bonds. The molecule has 0 saturated carbocycles. The molecule has 0 aliphatic carbocycles. The predicted molar refractivity (Wildman–Crippen MR) is 117 cm³/mol. The van der Waals surface area contributed by atoms with Crippen LogP contribution in [0.15, 0.2) is 48.5 Å². The third-order valence-electron chi connectivity index (χ3n) is 4.65. The predicted octanol–water partition coefficient (Wildman–Crippen LogP) is 7.67. The van der Waals surface area contributed by atoms with E-state index in [2.05, 4.69) is 25.3 Å². The Bertz CT molecular complexity index is 1150. The molecule has 0 aliphatic rings. The van der Waals surface area contributed by atoms with Crippen LogP contribution in [-0.2, 0) is 6.18 Å². The van der Waals surface area contributed by atoms with Crippen LogP contribution in [-0.4, -0.2) is 22.4 Å². The fourth-order valence-electron chi connectivity index (χ4n) is 2.91. The lowest BCUT2D eigenvalue weighted by atomic mass is 10.1. The fourth-order valence-corrected chi connectivity index (χ4v) is 3.14. The minimum atomic E-state index is -4.89. The van der Waals surface area contributed by atoms with Gasteiger partial charge in [-0.25, -0.2) is 4.98 Å². The largest absolute Gasteiger partial charge is 0.573 e. The van der Waals surface area contributed by atoms with Gasteiger partial charge in [0.25, 0.3) is 0 Å². The molecule has 0 unspecified atom stereocenters. The summed E-state index contributed by atoms with van der Waals surface area (Å²) in [4.78, 5) is 8.53. The van der Waals surface area contributed by atoms with Crippen molar-refractivity contribution in [2.24, 2.45) is 0 Å². The average Bonchev–Trinajstić information content (AvgIpc) is 2.73. The van der Waals surface area contributed by atoms with Crippen LogP contribution in [0, 0.1) is 0 Å². The molecule has 2 N–H and O–H groups in total. The molecular formula is C22H19ClF6N4O. The molecule has 0 radical (unpaired) electrons. The summed E-state index contributed by atoms with van der Waals surface area (Å²) in [5.41, 5.74) is -1.03. The van der Waals surface area contributed by atoms with Crippen LogP contribution in [0.2, 0.25) is 5.02 Å². The van der Waals surface area contributed by atoms with Gasteiger partial charge in [-0.3, -0.25) is 0 Å². The fraction of sp³-hybridized carbons (Fsp3) is 0.273. The minimum absolute atomic E-state index is 0.0449. The number of ether oxygens (including phenoxy) is 1. The molecule has 1 heterocycles. The SMILES string of the molecule is CC[C@@H](C)Nc1nc(Nc2c(Cl)cccc2C(F)(F)F)cc(-c2cccc(OC(F)(F)F)c2)n1. The number of alkyl halides is 6. The zero-order valence-electron chi connectivity index (χ0n) is 17.9. The van der Waals surface area contributed by atoms with E-state index in [1.165, 1.54) is 30.3 Å². The lowest BCUT2D eigenvalue weighted by molar-refractivity contribution is -0.274. The Kier molecular flexibility index (Phi) is 7.44. The summed E-state index contributed by atoms with van der Waals surface area (Å²) >= 11 is 6.03. The van der Waals surface area contributed by atoms with E-state index >= 15 is 0 Å². The van der Waals surface area contributed by atoms with Gasteiger partial charge < -0.3 is 15.4 Å². The number of nitrogens with one attached hydrogen (secondary N) is 2. The van der Waals surface area contributed by atoms with Crippen molar-refractivity contribution in [3.8, 4) is 17.0 Å². The molecule has 182 valence electrons. The Morgan fingerprint density at radius 1 is 1.00 bits per heavy atom. The monoisotopic (exact) mass is 504 g/mol. The highest BCUT2D eigenvalue weighted by atomic mass is 35.5. The van der Waals surface area contributed by atoms with Crippen LogP contribution in [0.5, 0.6) is 5.75 Å². The van der Waals surface area contributed by atoms with Crippen molar-refractivity contribution >= 4 is 29.1 Å². The number of para-hydroxylation sites is 1. The van der Waals surface area contributed by atoms with Gasteiger partial charge in [-0.05, 0) is 37.6 Å². The van der Waals surface area contributed by atoms with E-state index < -0.39 is 29.5 Å². The van der Waals surface area contributed by atoms with E-state index in [4.69, 9.17) is 11.6 Å². The highest BCUT2D eigenvalue weighted by molar-refractivity contribution is 6.33. The van der Waals surface area contributed by atoms with E-state index in [9.17, 15) is 26.3 Å². The standard InChI is InChI=1S/C22H19ClF6N4O/c1-3-12(2)30-20-31-17(13-6-4-7-14(10-13)34-22(27,28)29)11-18(33-20)32-19-15(21(24,25)26)8-5-9-16(19)23/h4-12H,3H2,1-2H3,(H2,30,31,32,33)/t12-/m1/s1. The molecule has 0 spiro atoms. The lowest BCUT2D eigenvalue weighted by Crippen LogP contribution is -2.17. The maximum absolute atomic E-state index is 13.5. The van der Waals surface area contributed by atoms with Crippen molar-refractivity contribution in [2.75, 3.05) is 10.6 Å². The number of aromatic nitrogens is 2. The summed E-state index contributed by atoms with van der Waals surface area (Å²) in [6.07, 6.45) is -8.89. The quantitative estimate of drug-likeness (QED) is 0.323. The van der Waals surface area contributed by atoms with Gasteiger partial charge in [-0.1, -0.05) is 36.7 Å². The maximum Gasteiger partial charge on any atom is 0.573 e. The first-order chi connectivity index (χ1) is 15.9. The highest BCUT2D eigenvalue weighted by Gasteiger charge is 2.34. The Labute approximate surface area is 196 Å². The van der Waals surface area contributed by atoms with Crippen molar-refractivity contribution in [1.82, 2.24) is 9.97 Å². The topological polar surface area (TPSA) is 59.1 Å². The summed E-state index contributed by atoms with van der Waals surface area (Å²) in [5, 5.41) is 5.41. The van der Waals surface area contributed by atoms with Crippen LogP contribution >= 0.6 is 11.6 Å². The third kappa shape index (κ3) is 6.66. The van der Waals surface area contributed by atoms with Gasteiger partial charge in [0, 0.05) is 17.7 Å². The molecule has 0 saturated heterocycles. The summed E-state index contributed by atoms with van der Waals surface area (Å²) in [5.74, 6) is -0.450. The van der Waals surface area contributed by atoms with Crippen molar-refractivity contribution in [3.63, 3.8) is 0 Å². The normalized spacial score (nSPS) is 12.9. The van der Waals surface area contributed by atoms with Crippen LogP contribution < -0.4 is 15.4 Å². The molecule has 0 fully saturated rings. The second kappa shape index (κ2) is 9.96. The Morgan fingerprint density at radius 2 is 1.71 bits per heavy atom. The molecule has 2 aromatic carbocycles. The number of rotatable bonds is 7. The molecule has 0 aliphatic heterocycles. The first-order valence-electron chi connectivity index (χ1n) is 10.00. The van der Waals surface area contributed by atoms with E-state index in [-0.39, 0.29) is 34.1 Å².